The van der Waals surface area contributed by atoms with Gasteiger partial charge in [0.1, 0.15) is 11.6 Å². The van der Waals surface area contributed by atoms with E-state index in [0.717, 1.165) is 24.5 Å². The normalized spacial score (nSPS) is 17.4. The Labute approximate surface area is 133 Å². The Hall–Kier alpha value is -2.43. The molecule has 0 saturated heterocycles. The van der Waals surface area contributed by atoms with Gasteiger partial charge in [-0.1, -0.05) is 30.3 Å². The van der Waals surface area contributed by atoms with Gasteiger partial charge in [-0.25, -0.2) is 13.6 Å². The first-order chi connectivity index (χ1) is 11.0. The van der Waals surface area contributed by atoms with E-state index in [4.69, 9.17) is 0 Å². The Bertz CT molecular complexity index is 733. The number of hydrogen-bond donors (Lipinski definition) is 2. The summed E-state index contributed by atoms with van der Waals surface area (Å²) < 4.78 is 26.7. The first-order valence-corrected chi connectivity index (χ1v) is 7.64. The SMILES string of the molecule is CC(NC(=O)NC1CCc2ccccc21)c1ccc(F)cc1F. The summed E-state index contributed by atoms with van der Waals surface area (Å²) in [6.07, 6.45) is 1.79. The predicted molar refractivity (Wildman–Crippen MR) is 83.9 cm³/mol. The van der Waals surface area contributed by atoms with E-state index in [-0.39, 0.29) is 17.6 Å². The van der Waals surface area contributed by atoms with Crippen LogP contribution in [0.3, 0.4) is 0 Å². The first kappa shape index (κ1) is 15.5. The highest BCUT2D eigenvalue weighted by atomic mass is 19.1. The molecule has 0 aliphatic heterocycles. The van der Waals surface area contributed by atoms with Gasteiger partial charge in [0.15, 0.2) is 0 Å². The van der Waals surface area contributed by atoms with Crippen LogP contribution in [0.2, 0.25) is 0 Å². The molecular formula is C18H18F2N2O. The molecule has 3 nitrogen and oxygen atoms in total. The molecule has 2 N–H and O–H groups in total. The average Bonchev–Trinajstić information content (AvgIpc) is 2.90. The number of rotatable bonds is 3. The van der Waals surface area contributed by atoms with Crippen LogP contribution in [-0.4, -0.2) is 6.03 Å². The van der Waals surface area contributed by atoms with Crippen molar-refractivity contribution in [3.63, 3.8) is 0 Å². The molecule has 0 saturated carbocycles. The highest BCUT2D eigenvalue weighted by Gasteiger charge is 2.24. The van der Waals surface area contributed by atoms with Crippen LogP contribution in [0.25, 0.3) is 0 Å². The molecule has 2 atom stereocenters. The van der Waals surface area contributed by atoms with Gasteiger partial charge in [0.2, 0.25) is 0 Å². The molecule has 5 heteroatoms. The summed E-state index contributed by atoms with van der Waals surface area (Å²) >= 11 is 0. The summed E-state index contributed by atoms with van der Waals surface area (Å²) in [5.41, 5.74) is 2.63. The number of hydrogen-bond acceptors (Lipinski definition) is 1. The maximum Gasteiger partial charge on any atom is 0.315 e. The van der Waals surface area contributed by atoms with E-state index in [9.17, 15) is 13.6 Å². The monoisotopic (exact) mass is 316 g/mol. The molecular weight excluding hydrogens is 298 g/mol. The number of halogens is 2. The van der Waals surface area contributed by atoms with Gasteiger partial charge >= 0.3 is 6.03 Å². The Morgan fingerprint density at radius 3 is 2.78 bits per heavy atom. The Balaban J connectivity index is 1.64. The first-order valence-electron chi connectivity index (χ1n) is 7.64. The van der Waals surface area contributed by atoms with E-state index in [1.807, 2.05) is 18.2 Å². The van der Waals surface area contributed by atoms with Crippen molar-refractivity contribution in [1.82, 2.24) is 10.6 Å². The molecule has 0 heterocycles. The summed E-state index contributed by atoms with van der Waals surface area (Å²) in [6.45, 7) is 1.67. The van der Waals surface area contributed by atoms with Crippen molar-refractivity contribution in [2.75, 3.05) is 0 Å². The van der Waals surface area contributed by atoms with Crippen molar-refractivity contribution in [2.24, 2.45) is 0 Å². The lowest BCUT2D eigenvalue weighted by molar-refractivity contribution is 0.234. The van der Waals surface area contributed by atoms with Crippen molar-refractivity contribution in [2.45, 2.75) is 31.8 Å². The molecule has 3 rings (SSSR count). The zero-order chi connectivity index (χ0) is 16.4. The fraction of sp³-hybridized carbons (Fsp3) is 0.278. The summed E-state index contributed by atoms with van der Waals surface area (Å²) in [5, 5.41) is 5.62. The molecule has 0 spiro atoms. The van der Waals surface area contributed by atoms with Crippen LogP contribution in [0.15, 0.2) is 42.5 Å². The quantitative estimate of drug-likeness (QED) is 0.882. The lowest BCUT2D eigenvalue weighted by Crippen LogP contribution is -2.38. The van der Waals surface area contributed by atoms with E-state index < -0.39 is 17.7 Å². The third-order valence-corrected chi connectivity index (χ3v) is 4.21. The van der Waals surface area contributed by atoms with Crippen LogP contribution in [0.1, 0.15) is 42.1 Å². The number of amides is 2. The highest BCUT2D eigenvalue weighted by molar-refractivity contribution is 5.75. The molecule has 0 aromatic heterocycles. The Morgan fingerprint density at radius 1 is 1.22 bits per heavy atom. The molecule has 2 amide bonds. The second-order valence-electron chi connectivity index (χ2n) is 5.80. The van der Waals surface area contributed by atoms with Gasteiger partial charge in [-0.05, 0) is 37.0 Å². The van der Waals surface area contributed by atoms with Gasteiger partial charge in [-0.3, -0.25) is 0 Å². The smallest absolute Gasteiger partial charge is 0.315 e. The third kappa shape index (κ3) is 3.33. The highest BCUT2D eigenvalue weighted by Crippen LogP contribution is 2.30. The van der Waals surface area contributed by atoms with Gasteiger partial charge in [0.25, 0.3) is 0 Å². The van der Waals surface area contributed by atoms with E-state index in [1.165, 1.54) is 17.7 Å². The van der Waals surface area contributed by atoms with Crippen molar-refractivity contribution in [1.29, 1.82) is 0 Å². The molecule has 23 heavy (non-hydrogen) atoms. The Kier molecular flexibility index (Phi) is 4.28. The van der Waals surface area contributed by atoms with Crippen LogP contribution in [0.4, 0.5) is 13.6 Å². The van der Waals surface area contributed by atoms with E-state index >= 15 is 0 Å². The molecule has 1 aliphatic rings. The van der Waals surface area contributed by atoms with Crippen molar-refractivity contribution in [3.05, 3.63) is 70.8 Å². The number of urea groups is 1. The molecule has 2 aromatic rings. The van der Waals surface area contributed by atoms with Crippen LogP contribution >= 0.6 is 0 Å². The molecule has 1 aliphatic carbocycles. The van der Waals surface area contributed by atoms with E-state index in [0.29, 0.717) is 0 Å². The molecule has 2 aromatic carbocycles. The van der Waals surface area contributed by atoms with Crippen LogP contribution in [-0.2, 0) is 6.42 Å². The molecule has 0 radical (unpaired) electrons. The minimum Gasteiger partial charge on any atom is -0.332 e. The number of carbonyl (C=O) groups is 1. The van der Waals surface area contributed by atoms with E-state index in [1.54, 1.807) is 6.92 Å². The fourth-order valence-electron chi connectivity index (χ4n) is 3.03. The lowest BCUT2D eigenvalue weighted by Gasteiger charge is -2.19. The fourth-order valence-corrected chi connectivity index (χ4v) is 3.03. The molecule has 120 valence electrons. The van der Waals surface area contributed by atoms with Crippen LogP contribution in [0.5, 0.6) is 0 Å². The second kappa shape index (κ2) is 6.36. The van der Waals surface area contributed by atoms with Crippen LogP contribution < -0.4 is 10.6 Å². The van der Waals surface area contributed by atoms with Gasteiger partial charge < -0.3 is 10.6 Å². The zero-order valence-corrected chi connectivity index (χ0v) is 12.8. The standard InChI is InChI=1S/C18H18F2N2O/c1-11(14-8-7-13(19)10-16(14)20)21-18(23)22-17-9-6-12-4-2-3-5-15(12)17/h2-5,7-8,10-11,17H,6,9H2,1H3,(H2,21,22,23). The predicted octanol–water partition coefficient (Wildman–Crippen LogP) is 4.01. The number of nitrogens with one attached hydrogen (secondary N) is 2. The van der Waals surface area contributed by atoms with Gasteiger partial charge in [0, 0.05) is 11.6 Å². The molecule has 0 fully saturated rings. The topological polar surface area (TPSA) is 41.1 Å². The largest absolute Gasteiger partial charge is 0.332 e. The van der Waals surface area contributed by atoms with Gasteiger partial charge in [-0.2, -0.15) is 0 Å². The average molecular weight is 316 g/mol. The van der Waals surface area contributed by atoms with Crippen LogP contribution in [0, 0.1) is 11.6 Å². The minimum atomic E-state index is -0.663. The summed E-state index contributed by atoms with van der Waals surface area (Å²) in [5.74, 6) is -1.30. The second-order valence-corrected chi connectivity index (χ2v) is 5.80. The van der Waals surface area contributed by atoms with Gasteiger partial charge in [-0.15, -0.1) is 0 Å². The maximum absolute atomic E-state index is 13.7. The number of fused-ring (bicyclic) bond motifs is 1. The summed E-state index contributed by atoms with van der Waals surface area (Å²) in [6, 6.07) is 10.4. The lowest BCUT2D eigenvalue weighted by atomic mass is 10.1. The number of aryl methyl sites for hydroxylation is 1. The molecule has 2 unspecified atom stereocenters. The number of benzene rings is 2. The molecule has 0 bridgehead atoms. The van der Waals surface area contributed by atoms with Crippen molar-refractivity contribution in [3.8, 4) is 0 Å². The summed E-state index contributed by atoms with van der Waals surface area (Å²) in [7, 11) is 0. The minimum absolute atomic E-state index is 0.0311. The van der Waals surface area contributed by atoms with Gasteiger partial charge in [0.05, 0.1) is 12.1 Å². The Morgan fingerprint density at radius 2 is 2.00 bits per heavy atom. The van der Waals surface area contributed by atoms with Crippen molar-refractivity contribution < 1.29 is 13.6 Å². The number of carbonyl (C=O) groups excluding carboxylic acids is 1. The van der Waals surface area contributed by atoms with E-state index in [2.05, 4.69) is 16.7 Å². The summed E-state index contributed by atoms with van der Waals surface area (Å²) in [4.78, 5) is 12.2. The maximum atomic E-state index is 13.7. The zero-order valence-electron chi connectivity index (χ0n) is 12.8. The third-order valence-electron chi connectivity index (χ3n) is 4.21. The van der Waals surface area contributed by atoms with Crippen molar-refractivity contribution >= 4 is 6.03 Å².